The first kappa shape index (κ1) is 16.9. The number of hydrogen-bond acceptors (Lipinski definition) is 6. The fourth-order valence-electron chi connectivity index (χ4n) is 1.58. The number of hydrogen-bond donors (Lipinski definition) is 2. The molecule has 0 aliphatic carbocycles. The lowest BCUT2D eigenvalue weighted by Gasteiger charge is -2.08. The molecule has 1 atom stereocenters. The van der Waals surface area contributed by atoms with Crippen molar-refractivity contribution in [3.05, 3.63) is 5.89 Å². The van der Waals surface area contributed by atoms with Gasteiger partial charge >= 0.3 is 6.01 Å². The van der Waals surface area contributed by atoms with E-state index in [0.717, 1.165) is 26.0 Å². The van der Waals surface area contributed by atoms with Crippen molar-refractivity contribution in [2.24, 2.45) is 5.92 Å². The maximum absolute atomic E-state index is 5.54. The van der Waals surface area contributed by atoms with Crippen LogP contribution in [0.3, 0.4) is 0 Å². The van der Waals surface area contributed by atoms with Crippen LogP contribution in [0.15, 0.2) is 4.42 Å². The van der Waals surface area contributed by atoms with Gasteiger partial charge in [0.1, 0.15) is 0 Å². The largest absolute Gasteiger partial charge is 0.406 e. The van der Waals surface area contributed by atoms with E-state index in [9.17, 15) is 0 Å². The van der Waals surface area contributed by atoms with Crippen LogP contribution in [0.2, 0.25) is 0 Å². The second-order valence-electron chi connectivity index (χ2n) is 5.34. The lowest BCUT2D eigenvalue weighted by atomic mass is 10.1. The van der Waals surface area contributed by atoms with Gasteiger partial charge < -0.3 is 19.8 Å². The van der Waals surface area contributed by atoms with Crippen molar-refractivity contribution < 1.29 is 9.15 Å². The summed E-state index contributed by atoms with van der Waals surface area (Å²) in [5.41, 5.74) is 0. The van der Waals surface area contributed by atoms with Crippen molar-refractivity contribution in [1.82, 2.24) is 15.5 Å². The summed E-state index contributed by atoms with van der Waals surface area (Å²) in [6.45, 7) is 11.6. The third-order valence-corrected chi connectivity index (χ3v) is 2.87. The Balaban J connectivity index is 2.17. The molecule has 20 heavy (non-hydrogen) atoms. The summed E-state index contributed by atoms with van der Waals surface area (Å²) in [6, 6.07) is 0.540. The number of nitrogens with zero attached hydrogens (tertiary/aromatic N) is 2. The van der Waals surface area contributed by atoms with Gasteiger partial charge in [-0.15, -0.1) is 5.10 Å². The molecule has 6 heteroatoms. The second kappa shape index (κ2) is 9.72. The molecular formula is C14H28N4O2. The maximum atomic E-state index is 5.54. The van der Waals surface area contributed by atoms with E-state index in [1.54, 1.807) is 0 Å². The molecule has 0 spiro atoms. The van der Waals surface area contributed by atoms with E-state index in [4.69, 9.17) is 9.15 Å². The molecule has 0 aliphatic rings. The Morgan fingerprint density at radius 2 is 1.95 bits per heavy atom. The first-order chi connectivity index (χ1) is 9.63. The van der Waals surface area contributed by atoms with Crippen molar-refractivity contribution in [3.8, 4) is 0 Å². The van der Waals surface area contributed by atoms with Gasteiger partial charge in [-0.25, -0.2) is 0 Å². The average molecular weight is 284 g/mol. The van der Waals surface area contributed by atoms with E-state index < -0.39 is 0 Å². The van der Waals surface area contributed by atoms with Gasteiger partial charge in [-0.1, -0.05) is 25.9 Å². The number of anilines is 1. The summed E-state index contributed by atoms with van der Waals surface area (Å²) in [5.74, 6) is 1.29. The van der Waals surface area contributed by atoms with Gasteiger partial charge in [0.05, 0.1) is 12.6 Å². The summed E-state index contributed by atoms with van der Waals surface area (Å²) in [4.78, 5) is 0. The van der Waals surface area contributed by atoms with Crippen molar-refractivity contribution >= 4 is 6.01 Å². The van der Waals surface area contributed by atoms with Gasteiger partial charge in [0.2, 0.25) is 5.89 Å². The highest BCUT2D eigenvalue weighted by Crippen LogP contribution is 2.13. The predicted octanol–water partition coefficient (Wildman–Crippen LogP) is 2.60. The summed E-state index contributed by atoms with van der Waals surface area (Å²) in [5, 5.41) is 14.4. The van der Waals surface area contributed by atoms with Gasteiger partial charge in [-0.05, 0) is 32.2 Å². The molecule has 116 valence electrons. The zero-order valence-electron chi connectivity index (χ0n) is 13.1. The Labute approximate surface area is 121 Å². The smallest absolute Gasteiger partial charge is 0.315 e. The standard InChI is InChI=1S/C14H28N4O2/c1-5-7-15-12(4)13-17-18-14(20-13)16-8-10-19-9-6-11(2)3/h11-12,15H,5-10H2,1-4H3,(H,16,18). The van der Waals surface area contributed by atoms with Gasteiger partial charge in [0, 0.05) is 13.2 Å². The predicted molar refractivity (Wildman–Crippen MR) is 79.8 cm³/mol. The maximum Gasteiger partial charge on any atom is 0.315 e. The van der Waals surface area contributed by atoms with E-state index in [2.05, 4.69) is 41.6 Å². The van der Waals surface area contributed by atoms with Crippen molar-refractivity contribution in [2.45, 2.75) is 46.6 Å². The SMILES string of the molecule is CCCNC(C)c1nnc(NCCOCCC(C)C)o1. The van der Waals surface area contributed by atoms with Gasteiger partial charge in [0.15, 0.2) is 0 Å². The molecule has 1 rings (SSSR count). The molecule has 6 nitrogen and oxygen atoms in total. The van der Waals surface area contributed by atoms with Crippen molar-refractivity contribution in [2.75, 3.05) is 31.6 Å². The van der Waals surface area contributed by atoms with Crippen LogP contribution in [0.5, 0.6) is 0 Å². The molecular weight excluding hydrogens is 256 g/mol. The van der Waals surface area contributed by atoms with Gasteiger partial charge in [-0.3, -0.25) is 0 Å². The van der Waals surface area contributed by atoms with E-state index >= 15 is 0 Å². The first-order valence-electron chi connectivity index (χ1n) is 7.51. The third kappa shape index (κ3) is 6.86. The minimum Gasteiger partial charge on any atom is -0.406 e. The van der Waals surface area contributed by atoms with Gasteiger partial charge in [0.25, 0.3) is 0 Å². The second-order valence-corrected chi connectivity index (χ2v) is 5.34. The molecule has 0 aliphatic heterocycles. The zero-order valence-corrected chi connectivity index (χ0v) is 13.1. The normalized spacial score (nSPS) is 12.8. The summed E-state index contributed by atoms with van der Waals surface area (Å²) >= 11 is 0. The first-order valence-corrected chi connectivity index (χ1v) is 7.51. The molecule has 1 unspecified atom stereocenters. The third-order valence-electron chi connectivity index (χ3n) is 2.87. The van der Waals surface area contributed by atoms with E-state index in [1.807, 2.05) is 6.92 Å². The quantitative estimate of drug-likeness (QED) is 0.609. The Morgan fingerprint density at radius 3 is 2.65 bits per heavy atom. The molecule has 0 aromatic carbocycles. The number of ether oxygens (including phenoxy) is 1. The monoisotopic (exact) mass is 284 g/mol. The number of rotatable bonds is 11. The Kier molecular flexibility index (Phi) is 8.22. The lowest BCUT2D eigenvalue weighted by molar-refractivity contribution is 0.132. The van der Waals surface area contributed by atoms with Crippen molar-refractivity contribution in [1.29, 1.82) is 0 Å². The Hall–Kier alpha value is -1.14. The molecule has 0 fully saturated rings. The van der Waals surface area contributed by atoms with Crippen LogP contribution >= 0.6 is 0 Å². The summed E-state index contributed by atoms with van der Waals surface area (Å²) in [6.07, 6.45) is 2.17. The lowest BCUT2D eigenvalue weighted by Crippen LogP contribution is -2.19. The van der Waals surface area contributed by atoms with Crippen LogP contribution in [0.1, 0.15) is 52.5 Å². The van der Waals surface area contributed by atoms with Crippen LogP contribution in [0.25, 0.3) is 0 Å². The molecule has 0 amide bonds. The average Bonchev–Trinajstić information content (AvgIpc) is 2.88. The fourth-order valence-corrected chi connectivity index (χ4v) is 1.58. The van der Waals surface area contributed by atoms with Crippen LogP contribution in [0.4, 0.5) is 6.01 Å². The number of aromatic nitrogens is 2. The molecule has 1 aromatic heterocycles. The zero-order chi connectivity index (χ0) is 14.8. The van der Waals surface area contributed by atoms with E-state index in [-0.39, 0.29) is 6.04 Å². The minimum atomic E-state index is 0.0836. The molecule has 0 saturated heterocycles. The van der Waals surface area contributed by atoms with Crippen molar-refractivity contribution in [3.63, 3.8) is 0 Å². The fraction of sp³-hybridized carbons (Fsp3) is 0.857. The molecule has 0 radical (unpaired) electrons. The van der Waals surface area contributed by atoms with Crippen LogP contribution in [-0.2, 0) is 4.74 Å². The molecule has 0 saturated carbocycles. The van der Waals surface area contributed by atoms with E-state index in [1.165, 1.54) is 0 Å². The van der Waals surface area contributed by atoms with E-state index in [0.29, 0.717) is 31.0 Å². The topological polar surface area (TPSA) is 72.2 Å². The highest BCUT2D eigenvalue weighted by molar-refractivity contribution is 5.16. The molecule has 2 N–H and O–H groups in total. The Bertz CT molecular complexity index is 355. The summed E-state index contributed by atoms with van der Waals surface area (Å²) < 4.78 is 11.0. The highest BCUT2D eigenvalue weighted by Gasteiger charge is 2.12. The van der Waals surface area contributed by atoms with Gasteiger partial charge in [-0.2, -0.15) is 0 Å². The molecule has 0 bridgehead atoms. The summed E-state index contributed by atoms with van der Waals surface area (Å²) in [7, 11) is 0. The minimum absolute atomic E-state index is 0.0836. The number of nitrogens with one attached hydrogen (secondary N) is 2. The van der Waals surface area contributed by atoms with Crippen LogP contribution < -0.4 is 10.6 Å². The highest BCUT2D eigenvalue weighted by atomic mass is 16.5. The Morgan fingerprint density at radius 1 is 1.15 bits per heavy atom. The van der Waals surface area contributed by atoms with Crippen LogP contribution in [-0.4, -0.2) is 36.5 Å². The molecule has 1 aromatic rings. The van der Waals surface area contributed by atoms with Crippen LogP contribution in [0, 0.1) is 5.92 Å². The molecule has 1 heterocycles.